The van der Waals surface area contributed by atoms with Crippen molar-refractivity contribution in [2.24, 2.45) is 0 Å². The van der Waals surface area contributed by atoms with E-state index in [1.807, 2.05) is 11.3 Å². The van der Waals surface area contributed by atoms with Gasteiger partial charge in [0.15, 0.2) is 0 Å². The monoisotopic (exact) mass is 282 g/mol. The lowest BCUT2D eigenvalue weighted by Crippen LogP contribution is -2.14. The second-order valence-electron chi connectivity index (χ2n) is 5.60. The molecule has 3 heteroatoms. The van der Waals surface area contributed by atoms with E-state index < -0.39 is 0 Å². The van der Waals surface area contributed by atoms with Gasteiger partial charge in [0, 0.05) is 36.2 Å². The minimum absolute atomic E-state index is 0.777. The van der Waals surface area contributed by atoms with Crippen molar-refractivity contribution in [3.63, 3.8) is 0 Å². The molecule has 0 bridgehead atoms. The molecule has 1 fully saturated rings. The number of benzene rings is 1. The molecule has 3 aromatic rings. The molecule has 0 radical (unpaired) electrons. The number of fused-ring (bicyclic) bond motifs is 1. The van der Waals surface area contributed by atoms with Gasteiger partial charge in [0.05, 0.1) is 0 Å². The van der Waals surface area contributed by atoms with Crippen molar-refractivity contribution in [3.8, 4) is 0 Å². The van der Waals surface area contributed by atoms with Crippen LogP contribution >= 0.6 is 11.3 Å². The number of thiophene rings is 1. The molecule has 1 N–H and O–H groups in total. The fourth-order valence-corrected chi connectivity index (χ4v) is 3.55. The third kappa shape index (κ3) is 2.51. The number of aromatic nitrogens is 1. The Morgan fingerprint density at radius 3 is 3.00 bits per heavy atom. The van der Waals surface area contributed by atoms with Crippen LogP contribution in [0, 0.1) is 0 Å². The summed E-state index contributed by atoms with van der Waals surface area (Å²) in [5, 5.41) is 7.24. The Hall–Kier alpha value is -1.58. The third-order valence-electron chi connectivity index (χ3n) is 3.90. The van der Waals surface area contributed by atoms with Gasteiger partial charge in [0.25, 0.3) is 0 Å². The first-order chi connectivity index (χ1) is 9.88. The van der Waals surface area contributed by atoms with Gasteiger partial charge in [-0.3, -0.25) is 0 Å². The predicted octanol–water partition coefficient (Wildman–Crippen LogP) is 4.00. The van der Waals surface area contributed by atoms with E-state index in [0.29, 0.717) is 0 Å². The van der Waals surface area contributed by atoms with E-state index in [1.165, 1.54) is 34.1 Å². The van der Waals surface area contributed by atoms with Crippen LogP contribution in [0.2, 0.25) is 0 Å². The van der Waals surface area contributed by atoms with Gasteiger partial charge in [-0.05, 0) is 46.9 Å². The highest BCUT2D eigenvalue weighted by Gasteiger charge is 2.19. The first-order valence-corrected chi connectivity index (χ1v) is 8.09. The van der Waals surface area contributed by atoms with Crippen molar-refractivity contribution < 1.29 is 0 Å². The van der Waals surface area contributed by atoms with Crippen LogP contribution in [0.15, 0.2) is 48.1 Å². The molecule has 2 nitrogen and oxygen atoms in total. The van der Waals surface area contributed by atoms with Crippen molar-refractivity contribution in [1.82, 2.24) is 9.88 Å². The quantitative estimate of drug-likeness (QED) is 0.748. The molecule has 0 amide bonds. The summed E-state index contributed by atoms with van der Waals surface area (Å²) < 4.78 is 3.67. The summed E-state index contributed by atoms with van der Waals surface area (Å²) in [7, 11) is 0. The third-order valence-corrected chi connectivity index (χ3v) is 4.91. The standard InChI is InChI=1S/C17H18N2S/c1-2-4-17-16(3-1)14(12-20-17)11-19-8-7-13(10-19)9-18-15-5-6-15/h1-4,7-8,10,12,15,18H,5-6,9,11H2. The van der Waals surface area contributed by atoms with Gasteiger partial charge < -0.3 is 9.88 Å². The highest BCUT2D eigenvalue weighted by Crippen LogP contribution is 2.26. The number of hydrogen-bond acceptors (Lipinski definition) is 2. The summed E-state index contributed by atoms with van der Waals surface area (Å²) in [6.07, 6.45) is 7.15. The zero-order valence-electron chi connectivity index (χ0n) is 11.4. The minimum Gasteiger partial charge on any atom is -0.350 e. The lowest BCUT2D eigenvalue weighted by molar-refractivity contribution is 0.685. The van der Waals surface area contributed by atoms with Crippen molar-refractivity contribution in [1.29, 1.82) is 0 Å². The van der Waals surface area contributed by atoms with Crippen LogP contribution < -0.4 is 5.32 Å². The number of rotatable bonds is 5. The maximum absolute atomic E-state index is 3.56. The van der Waals surface area contributed by atoms with E-state index >= 15 is 0 Å². The van der Waals surface area contributed by atoms with E-state index in [2.05, 4.69) is 58.0 Å². The van der Waals surface area contributed by atoms with Crippen LogP contribution in [0.3, 0.4) is 0 Å². The predicted molar refractivity (Wildman–Crippen MR) is 85.2 cm³/mol. The zero-order valence-corrected chi connectivity index (χ0v) is 12.2. The molecular formula is C17H18N2S. The van der Waals surface area contributed by atoms with Crippen LogP contribution in [-0.2, 0) is 13.1 Å². The molecule has 0 aliphatic heterocycles. The summed E-state index contributed by atoms with van der Waals surface area (Å²) in [4.78, 5) is 0. The summed E-state index contributed by atoms with van der Waals surface area (Å²) in [5.41, 5.74) is 2.80. The highest BCUT2D eigenvalue weighted by atomic mass is 32.1. The SMILES string of the molecule is c1ccc2c(Cn3ccc(CNC4CC4)c3)csc2c1. The first kappa shape index (κ1) is 12.2. The average Bonchev–Trinajstić information content (AvgIpc) is 3.06. The van der Waals surface area contributed by atoms with Crippen LogP contribution in [0.1, 0.15) is 24.0 Å². The van der Waals surface area contributed by atoms with Gasteiger partial charge in [0.2, 0.25) is 0 Å². The maximum atomic E-state index is 3.56. The van der Waals surface area contributed by atoms with Crippen molar-refractivity contribution in [2.75, 3.05) is 0 Å². The smallest absolute Gasteiger partial charge is 0.0484 e. The van der Waals surface area contributed by atoms with E-state index in [1.54, 1.807) is 0 Å². The lowest BCUT2D eigenvalue weighted by atomic mass is 10.2. The zero-order chi connectivity index (χ0) is 13.4. The average molecular weight is 282 g/mol. The lowest BCUT2D eigenvalue weighted by Gasteiger charge is -2.02. The largest absolute Gasteiger partial charge is 0.350 e. The van der Waals surface area contributed by atoms with Gasteiger partial charge in [0.1, 0.15) is 0 Å². The first-order valence-electron chi connectivity index (χ1n) is 7.21. The van der Waals surface area contributed by atoms with Crippen LogP contribution in [0.4, 0.5) is 0 Å². The number of hydrogen-bond donors (Lipinski definition) is 1. The molecule has 1 aromatic carbocycles. The molecule has 20 heavy (non-hydrogen) atoms. The van der Waals surface area contributed by atoms with Gasteiger partial charge in [-0.15, -0.1) is 11.3 Å². The summed E-state index contributed by atoms with van der Waals surface area (Å²) in [6.45, 7) is 1.97. The molecule has 2 heterocycles. The summed E-state index contributed by atoms with van der Waals surface area (Å²) in [6, 6.07) is 11.7. The normalized spacial score (nSPS) is 15.0. The van der Waals surface area contributed by atoms with Gasteiger partial charge in [-0.2, -0.15) is 0 Å². The van der Waals surface area contributed by atoms with E-state index in [9.17, 15) is 0 Å². The van der Waals surface area contributed by atoms with Crippen LogP contribution in [0.5, 0.6) is 0 Å². The second-order valence-corrected chi connectivity index (χ2v) is 6.52. The van der Waals surface area contributed by atoms with Crippen molar-refractivity contribution in [3.05, 3.63) is 59.2 Å². The van der Waals surface area contributed by atoms with Gasteiger partial charge in [-0.1, -0.05) is 18.2 Å². The number of nitrogens with zero attached hydrogens (tertiary/aromatic N) is 1. The Morgan fingerprint density at radius 2 is 2.10 bits per heavy atom. The van der Waals surface area contributed by atoms with Gasteiger partial charge >= 0.3 is 0 Å². The summed E-state index contributed by atoms with van der Waals surface area (Å²) in [5.74, 6) is 0. The molecule has 1 aliphatic rings. The fraction of sp³-hybridized carbons (Fsp3) is 0.294. The Balaban J connectivity index is 1.50. The Morgan fingerprint density at radius 1 is 1.20 bits per heavy atom. The molecule has 0 unspecified atom stereocenters. The fourth-order valence-electron chi connectivity index (χ4n) is 2.60. The molecule has 4 rings (SSSR count). The topological polar surface area (TPSA) is 17.0 Å². The van der Waals surface area contributed by atoms with E-state index in [-0.39, 0.29) is 0 Å². The maximum Gasteiger partial charge on any atom is 0.0484 e. The van der Waals surface area contributed by atoms with E-state index in [0.717, 1.165) is 19.1 Å². The molecule has 2 aromatic heterocycles. The minimum atomic E-state index is 0.777. The van der Waals surface area contributed by atoms with Crippen LogP contribution in [-0.4, -0.2) is 10.6 Å². The van der Waals surface area contributed by atoms with Crippen molar-refractivity contribution >= 4 is 21.4 Å². The molecular weight excluding hydrogens is 264 g/mol. The molecule has 0 spiro atoms. The highest BCUT2D eigenvalue weighted by molar-refractivity contribution is 7.17. The molecule has 0 saturated heterocycles. The molecule has 1 aliphatic carbocycles. The van der Waals surface area contributed by atoms with Crippen molar-refractivity contribution in [2.45, 2.75) is 32.0 Å². The molecule has 0 atom stereocenters. The Kier molecular flexibility index (Phi) is 3.09. The second kappa shape index (κ2) is 5.08. The Labute approximate surface area is 123 Å². The molecule has 1 saturated carbocycles. The van der Waals surface area contributed by atoms with Crippen LogP contribution in [0.25, 0.3) is 10.1 Å². The van der Waals surface area contributed by atoms with E-state index in [4.69, 9.17) is 0 Å². The number of nitrogens with one attached hydrogen (secondary N) is 1. The Bertz CT molecular complexity index is 721. The summed E-state index contributed by atoms with van der Waals surface area (Å²) >= 11 is 1.84. The molecule has 102 valence electrons. The van der Waals surface area contributed by atoms with Gasteiger partial charge in [-0.25, -0.2) is 0 Å².